The molecule has 2 amide bonds. The number of hydrogen-bond acceptors (Lipinski definition) is 6. The Kier molecular flexibility index (Phi) is 7.63. The molecule has 0 atom stereocenters. The predicted molar refractivity (Wildman–Crippen MR) is 170 cm³/mol. The molecule has 0 aliphatic carbocycles. The third kappa shape index (κ3) is 5.77. The molecule has 0 radical (unpaired) electrons. The van der Waals surface area contributed by atoms with Crippen molar-refractivity contribution in [1.29, 1.82) is 0 Å². The molecular weight excluding hydrogens is 588 g/mol. The molecule has 1 saturated heterocycles. The van der Waals surface area contributed by atoms with Crippen molar-refractivity contribution < 1.29 is 18.4 Å². The fourth-order valence-electron chi connectivity index (χ4n) is 5.45. The van der Waals surface area contributed by atoms with Crippen LogP contribution in [0.2, 0.25) is 0 Å². The second-order valence-electron chi connectivity index (χ2n) is 10.8. The average Bonchev–Trinajstić information content (AvgIpc) is 3.54. The first-order valence-corrected chi connectivity index (χ1v) is 14.7. The topological polar surface area (TPSA) is 95.7 Å². The molecule has 1 aliphatic rings. The van der Waals surface area contributed by atoms with E-state index in [1.54, 1.807) is 63.0 Å². The van der Waals surface area contributed by atoms with Gasteiger partial charge in [0.25, 0.3) is 11.8 Å². The van der Waals surface area contributed by atoms with Gasteiger partial charge in [-0.25, -0.2) is 23.3 Å². The number of anilines is 2. The Morgan fingerprint density at radius 2 is 1.35 bits per heavy atom. The highest BCUT2D eigenvalue weighted by Gasteiger charge is 2.28. The molecule has 9 nitrogen and oxygen atoms in total. The molecule has 11 heteroatoms. The second-order valence-corrected chi connectivity index (χ2v) is 10.8. The number of piperazine rings is 1. The lowest BCUT2D eigenvalue weighted by molar-refractivity contribution is 0.0533. The van der Waals surface area contributed by atoms with Crippen LogP contribution < -0.4 is 5.32 Å². The van der Waals surface area contributed by atoms with Gasteiger partial charge in [0.2, 0.25) is 0 Å². The molecule has 228 valence electrons. The van der Waals surface area contributed by atoms with Crippen LogP contribution in [-0.2, 0) is 0 Å². The van der Waals surface area contributed by atoms with Crippen molar-refractivity contribution in [3.8, 4) is 22.5 Å². The van der Waals surface area contributed by atoms with E-state index in [-0.39, 0.29) is 29.1 Å². The van der Waals surface area contributed by atoms with Crippen molar-refractivity contribution in [2.24, 2.45) is 0 Å². The number of halogens is 2. The fourth-order valence-corrected chi connectivity index (χ4v) is 5.45. The number of rotatable bonds is 6. The summed E-state index contributed by atoms with van der Waals surface area (Å²) in [4.78, 5) is 39.7. The summed E-state index contributed by atoms with van der Waals surface area (Å²) in [5, 5.41) is 7.85. The summed E-state index contributed by atoms with van der Waals surface area (Å²) in [5.74, 6) is -0.873. The van der Waals surface area contributed by atoms with E-state index >= 15 is 0 Å². The summed E-state index contributed by atoms with van der Waals surface area (Å²) in [6, 6.07) is 28.3. The van der Waals surface area contributed by atoms with Crippen LogP contribution in [0.4, 0.5) is 20.3 Å². The first-order valence-electron chi connectivity index (χ1n) is 14.7. The summed E-state index contributed by atoms with van der Waals surface area (Å²) in [6.07, 6.45) is 1.58. The van der Waals surface area contributed by atoms with E-state index in [1.807, 2.05) is 36.4 Å². The van der Waals surface area contributed by atoms with Crippen molar-refractivity contribution in [3.05, 3.63) is 132 Å². The summed E-state index contributed by atoms with van der Waals surface area (Å²) in [6.45, 7) is 1.23. The number of hydrogen-bond donors (Lipinski definition) is 1. The van der Waals surface area contributed by atoms with E-state index in [0.717, 1.165) is 5.56 Å². The lowest BCUT2D eigenvalue weighted by Gasteiger charge is -2.35. The van der Waals surface area contributed by atoms with E-state index < -0.39 is 0 Å². The maximum Gasteiger partial charge on any atom is 0.272 e. The Morgan fingerprint density at radius 3 is 2.04 bits per heavy atom. The quantitative estimate of drug-likeness (QED) is 0.244. The summed E-state index contributed by atoms with van der Waals surface area (Å²) < 4.78 is 28.8. The van der Waals surface area contributed by atoms with Gasteiger partial charge in [0, 0.05) is 55.3 Å². The molecule has 3 aromatic heterocycles. The van der Waals surface area contributed by atoms with E-state index in [0.29, 0.717) is 65.8 Å². The average molecular weight is 616 g/mol. The summed E-state index contributed by atoms with van der Waals surface area (Å²) in [7, 11) is 0. The van der Waals surface area contributed by atoms with E-state index in [4.69, 9.17) is 5.10 Å². The summed E-state index contributed by atoms with van der Waals surface area (Å²) in [5.41, 5.74) is 4.55. The van der Waals surface area contributed by atoms with Crippen molar-refractivity contribution in [1.82, 2.24) is 29.4 Å². The normalized spacial score (nSPS) is 13.2. The maximum absolute atomic E-state index is 13.8. The molecule has 0 unspecified atom stereocenters. The van der Waals surface area contributed by atoms with Gasteiger partial charge in [0.05, 0.1) is 17.0 Å². The van der Waals surface area contributed by atoms with Gasteiger partial charge in [0.1, 0.15) is 23.1 Å². The van der Waals surface area contributed by atoms with Crippen LogP contribution in [-0.4, -0.2) is 67.4 Å². The smallest absolute Gasteiger partial charge is 0.272 e. The molecule has 6 aromatic rings. The van der Waals surface area contributed by atoms with Crippen LogP contribution in [0.1, 0.15) is 20.8 Å². The van der Waals surface area contributed by atoms with Crippen molar-refractivity contribution >= 4 is 29.0 Å². The van der Waals surface area contributed by atoms with Crippen LogP contribution in [0, 0.1) is 11.6 Å². The predicted octanol–water partition coefficient (Wildman–Crippen LogP) is 6.08. The minimum absolute atomic E-state index is 0.226. The molecule has 1 fully saturated rings. The zero-order valence-electron chi connectivity index (χ0n) is 24.5. The Morgan fingerprint density at radius 1 is 0.696 bits per heavy atom. The van der Waals surface area contributed by atoms with Crippen molar-refractivity contribution in [3.63, 3.8) is 0 Å². The van der Waals surface area contributed by atoms with Crippen LogP contribution in [0.25, 0.3) is 28.2 Å². The number of amides is 2. The molecule has 1 aliphatic heterocycles. The summed E-state index contributed by atoms with van der Waals surface area (Å²) >= 11 is 0. The van der Waals surface area contributed by atoms with Gasteiger partial charge in [-0.05, 0) is 66.7 Å². The Balaban J connectivity index is 1.12. The van der Waals surface area contributed by atoms with Gasteiger partial charge in [0.15, 0.2) is 5.65 Å². The van der Waals surface area contributed by atoms with Gasteiger partial charge in [-0.1, -0.05) is 30.3 Å². The lowest BCUT2D eigenvalue weighted by Crippen LogP contribution is -2.50. The van der Waals surface area contributed by atoms with E-state index in [1.165, 1.54) is 24.3 Å². The number of nitrogens with zero attached hydrogens (tertiary/aromatic N) is 6. The monoisotopic (exact) mass is 615 g/mol. The van der Waals surface area contributed by atoms with E-state index in [2.05, 4.69) is 15.3 Å². The first kappa shape index (κ1) is 28.8. The SMILES string of the molecule is O=C(c1cc(-c2ccc(F)cc2)n2nc(-c3ccccc3)cc2n1)N1CCN(C(=O)c2cccnc2Nc2ccc(F)cc2)CC1. The molecule has 0 spiro atoms. The second kappa shape index (κ2) is 12.2. The van der Waals surface area contributed by atoms with E-state index in [9.17, 15) is 18.4 Å². The number of fused-ring (bicyclic) bond motifs is 1. The lowest BCUT2D eigenvalue weighted by atomic mass is 10.1. The zero-order chi connectivity index (χ0) is 31.6. The molecular formula is C35H27F2N7O2. The molecule has 1 N–H and O–H groups in total. The zero-order valence-corrected chi connectivity index (χ0v) is 24.5. The molecule has 7 rings (SSSR count). The number of nitrogens with one attached hydrogen (secondary N) is 1. The minimum Gasteiger partial charge on any atom is -0.340 e. The number of benzene rings is 3. The van der Waals surface area contributed by atoms with Gasteiger partial charge < -0.3 is 15.1 Å². The van der Waals surface area contributed by atoms with Gasteiger partial charge in [-0.2, -0.15) is 5.10 Å². The Bertz CT molecular complexity index is 2040. The molecule has 3 aromatic carbocycles. The Hall–Kier alpha value is -5.97. The molecule has 0 bridgehead atoms. The van der Waals surface area contributed by atoms with Crippen molar-refractivity contribution in [2.45, 2.75) is 0 Å². The van der Waals surface area contributed by atoms with Crippen LogP contribution >= 0.6 is 0 Å². The van der Waals surface area contributed by atoms with Crippen LogP contribution in [0.5, 0.6) is 0 Å². The van der Waals surface area contributed by atoms with Crippen LogP contribution in [0.15, 0.2) is 109 Å². The van der Waals surface area contributed by atoms with Gasteiger partial charge >= 0.3 is 0 Å². The molecule has 0 saturated carbocycles. The number of pyridine rings is 1. The number of aromatic nitrogens is 4. The minimum atomic E-state index is -0.368. The van der Waals surface area contributed by atoms with Gasteiger partial charge in [-0.3, -0.25) is 9.59 Å². The van der Waals surface area contributed by atoms with Crippen molar-refractivity contribution in [2.75, 3.05) is 31.5 Å². The molecule has 46 heavy (non-hydrogen) atoms. The highest BCUT2D eigenvalue weighted by Crippen LogP contribution is 2.27. The standard InChI is InChI=1S/C35H27F2N7O2/c36-25-10-8-24(9-11-25)31-21-30(40-32-22-29(41-44(31)32)23-5-2-1-3-6-23)35(46)43-19-17-42(18-20-43)34(45)28-7-4-16-38-33(28)39-27-14-12-26(37)13-15-27/h1-16,21-22H,17-20H2,(H,38,39). The van der Waals surface area contributed by atoms with Gasteiger partial charge in [-0.15, -0.1) is 0 Å². The largest absolute Gasteiger partial charge is 0.340 e. The fraction of sp³-hybridized carbons (Fsp3) is 0.114. The number of carbonyl (C=O) groups is 2. The number of carbonyl (C=O) groups excluding carboxylic acids is 2. The first-order chi connectivity index (χ1) is 22.4. The Labute approximate surface area is 262 Å². The highest BCUT2D eigenvalue weighted by molar-refractivity contribution is 6.00. The third-order valence-electron chi connectivity index (χ3n) is 7.86. The molecule has 4 heterocycles. The third-order valence-corrected chi connectivity index (χ3v) is 7.86. The van der Waals surface area contributed by atoms with Crippen LogP contribution in [0.3, 0.4) is 0 Å². The highest BCUT2D eigenvalue weighted by atomic mass is 19.1. The maximum atomic E-state index is 13.8.